The van der Waals surface area contributed by atoms with Crippen LogP contribution in [0.4, 0.5) is 8.78 Å². The summed E-state index contributed by atoms with van der Waals surface area (Å²) in [6.45, 7) is 1.30. The molecule has 1 amide bonds. The van der Waals surface area contributed by atoms with Gasteiger partial charge in [0.05, 0.1) is 5.56 Å². The monoisotopic (exact) mass is 334 g/mol. The predicted molar refractivity (Wildman–Crippen MR) is 86.9 cm³/mol. The minimum atomic E-state index is -2.98. The van der Waals surface area contributed by atoms with E-state index in [1.807, 2.05) is 26.0 Å². The van der Waals surface area contributed by atoms with E-state index >= 15 is 0 Å². The molecule has 1 aromatic heterocycles. The smallest absolute Gasteiger partial charge is 0.387 e. The first-order valence-electron chi connectivity index (χ1n) is 7.76. The van der Waals surface area contributed by atoms with Gasteiger partial charge in [0.15, 0.2) is 0 Å². The van der Waals surface area contributed by atoms with Crippen molar-refractivity contribution < 1.29 is 18.3 Å². The number of pyridine rings is 1. The van der Waals surface area contributed by atoms with Gasteiger partial charge in [0.2, 0.25) is 0 Å². The molecule has 0 aliphatic carbocycles. The van der Waals surface area contributed by atoms with Crippen molar-refractivity contribution in [2.75, 3.05) is 0 Å². The van der Waals surface area contributed by atoms with Gasteiger partial charge in [-0.05, 0) is 43.2 Å². The molecule has 1 heterocycles. The van der Waals surface area contributed by atoms with Gasteiger partial charge in [-0.15, -0.1) is 0 Å². The molecule has 0 fully saturated rings. The van der Waals surface area contributed by atoms with Crippen LogP contribution in [-0.2, 0) is 6.54 Å². The van der Waals surface area contributed by atoms with E-state index in [9.17, 15) is 13.6 Å². The number of halogens is 2. The minimum absolute atomic E-state index is 0.0507. The van der Waals surface area contributed by atoms with Crippen molar-refractivity contribution in [3.63, 3.8) is 0 Å². The zero-order valence-electron chi connectivity index (χ0n) is 13.7. The van der Waals surface area contributed by atoms with Crippen LogP contribution in [-0.4, -0.2) is 28.4 Å². The molecule has 0 saturated carbocycles. The first kappa shape index (κ1) is 17.8. The standard InChI is InChI=1S/C18H20F2N2O2/c1-3-13(2)22(12-14-8-10-21-11-9-14)17(23)15-6-4-5-7-16(15)24-18(19)20/h4-11,13,18H,3,12H2,1-2H3. The van der Waals surface area contributed by atoms with E-state index in [2.05, 4.69) is 9.72 Å². The molecule has 1 atom stereocenters. The highest BCUT2D eigenvalue weighted by Gasteiger charge is 2.24. The van der Waals surface area contributed by atoms with Crippen molar-refractivity contribution in [2.24, 2.45) is 0 Å². The van der Waals surface area contributed by atoms with Gasteiger partial charge in [-0.2, -0.15) is 8.78 Å². The number of hydrogen-bond acceptors (Lipinski definition) is 3. The Bertz CT molecular complexity index is 665. The molecule has 0 radical (unpaired) electrons. The fourth-order valence-corrected chi connectivity index (χ4v) is 2.33. The summed E-state index contributed by atoms with van der Waals surface area (Å²) in [6.07, 6.45) is 4.06. The van der Waals surface area contributed by atoms with Gasteiger partial charge < -0.3 is 9.64 Å². The predicted octanol–water partition coefficient (Wildman–Crippen LogP) is 4.12. The lowest BCUT2D eigenvalue weighted by atomic mass is 10.1. The summed E-state index contributed by atoms with van der Waals surface area (Å²) in [5.74, 6) is -0.446. The molecule has 24 heavy (non-hydrogen) atoms. The molecule has 2 aromatic rings. The number of rotatable bonds is 7. The molecule has 1 aromatic carbocycles. The molecule has 128 valence electrons. The number of carbonyl (C=O) groups is 1. The minimum Gasteiger partial charge on any atom is -0.434 e. The zero-order valence-corrected chi connectivity index (χ0v) is 13.7. The normalized spacial score (nSPS) is 12.0. The highest BCUT2D eigenvalue weighted by molar-refractivity contribution is 5.97. The zero-order chi connectivity index (χ0) is 17.5. The topological polar surface area (TPSA) is 42.4 Å². The highest BCUT2D eigenvalue weighted by atomic mass is 19.3. The second-order valence-corrected chi connectivity index (χ2v) is 5.42. The summed E-state index contributed by atoms with van der Waals surface area (Å²) in [5, 5.41) is 0. The maximum Gasteiger partial charge on any atom is 0.387 e. The van der Waals surface area contributed by atoms with Crippen LogP contribution < -0.4 is 4.74 Å². The van der Waals surface area contributed by atoms with Crippen molar-refractivity contribution in [1.29, 1.82) is 0 Å². The molecule has 2 rings (SSSR count). The van der Waals surface area contributed by atoms with E-state index in [0.29, 0.717) is 6.54 Å². The number of benzene rings is 1. The van der Waals surface area contributed by atoms with Gasteiger partial charge >= 0.3 is 6.61 Å². The third kappa shape index (κ3) is 4.50. The van der Waals surface area contributed by atoms with Crippen molar-refractivity contribution in [2.45, 2.75) is 39.5 Å². The average molecular weight is 334 g/mol. The van der Waals surface area contributed by atoms with Crippen molar-refractivity contribution in [1.82, 2.24) is 9.88 Å². The first-order chi connectivity index (χ1) is 11.5. The molecule has 4 nitrogen and oxygen atoms in total. The van der Waals surface area contributed by atoms with Crippen molar-refractivity contribution in [3.05, 3.63) is 59.9 Å². The fourth-order valence-electron chi connectivity index (χ4n) is 2.33. The maximum atomic E-state index is 12.9. The van der Waals surface area contributed by atoms with Crippen LogP contribution in [0.15, 0.2) is 48.8 Å². The lowest BCUT2D eigenvalue weighted by molar-refractivity contribution is -0.0503. The number of nitrogens with zero attached hydrogens (tertiary/aromatic N) is 2. The number of para-hydroxylation sites is 1. The molecule has 0 spiro atoms. The Kier molecular flexibility index (Phi) is 6.23. The Morgan fingerprint density at radius 1 is 1.21 bits per heavy atom. The summed E-state index contributed by atoms with van der Waals surface area (Å²) < 4.78 is 29.7. The van der Waals surface area contributed by atoms with Crippen LogP contribution in [0.2, 0.25) is 0 Å². The number of carbonyl (C=O) groups excluding carboxylic acids is 1. The Morgan fingerprint density at radius 3 is 2.50 bits per heavy atom. The van der Waals surface area contributed by atoms with Crippen molar-refractivity contribution in [3.8, 4) is 5.75 Å². The lowest BCUT2D eigenvalue weighted by Crippen LogP contribution is -2.38. The van der Waals surface area contributed by atoms with Crippen LogP contribution >= 0.6 is 0 Å². The lowest BCUT2D eigenvalue weighted by Gasteiger charge is -2.29. The molecule has 6 heteroatoms. The molecule has 0 bridgehead atoms. The molecular weight excluding hydrogens is 314 g/mol. The van der Waals surface area contributed by atoms with Crippen molar-refractivity contribution >= 4 is 5.91 Å². The summed E-state index contributed by atoms with van der Waals surface area (Å²) >= 11 is 0. The van der Waals surface area contributed by atoms with Crippen LogP contribution in [0.3, 0.4) is 0 Å². The number of ether oxygens (including phenoxy) is 1. The second kappa shape index (κ2) is 8.38. The van der Waals surface area contributed by atoms with Gasteiger partial charge in [-0.25, -0.2) is 0 Å². The van der Waals surface area contributed by atoms with Crippen LogP contribution in [0.25, 0.3) is 0 Å². The van der Waals surface area contributed by atoms with E-state index in [4.69, 9.17) is 0 Å². The van der Waals surface area contributed by atoms with Gasteiger partial charge in [0.25, 0.3) is 5.91 Å². The Balaban J connectivity index is 2.31. The third-order valence-corrected chi connectivity index (χ3v) is 3.82. The molecule has 1 unspecified atom stereocenters. The summed E-state index contributed by atoms with van der Waals surface area (Å²) in [7, 11) is 0. The van der Waals surface area contributed by atoms with Gasteiger partial charge in [0, 0.05) is 25.0 Å². The summed E-state index contributed by atoms with van der Waals surface area (Å²) in [5.41, 5.74) is 1.05. The average Bonchev–Trinajstić information content (AvgIpc) is 2.59. The third-order valence-electron chi connectivity index (χ3n) is 3.82. The van der Waals surface area contributed by atoms with E-state index in [-0.39, 0.29) is 23.3 Å². The fraction of sp³-hybridized carbons (Fsp3) is 0.333. The van der Waals surface area contributed by atoms with Gasteiger partial charge in [-0.1, -0.05) is 19.1 Å². The van der Waals surface area contributed by atoms with E-state index in [1.54, 1.807) is 29.4 Å². The van der Waals surface area contributed by atoms with Gasteiger partial charge in [-0.3, -0.25) is 9.78 Å². The number of amides is 1. The Hall–Kier alpha value is -2.50. The van der Waals surface area contributed by atoms with E-state index < -0.39 is 6.61 Å². The highest BCUT2D eigenvalue weighted by Crippen LogP contribution is 2.24. The van der Waals surface area contributed by atoms with Crippen LogP contribution in [0.1, 0.15) is 36.2 Å². The van der Waals surface area contributed by atoms with Gasteiger partial charge in [0.1, 0.15) is 5.75 Å². The number of alkyl halides is 2. The number of hydrogen-bond donors (Lipinski definition) is 0. The van der Waals surface area contributed by atoms with E-state index in [1.165, 1.54) is 12.1 Å². The van der Waals surface area contributed by atoms with Crippen LogP contribution in [0.5, 0.6) is 5.75 Å². The molecular formula is C18H20F2N2O2. The molecule has 0 saturated heterocycles. The molecule has 0 aliphatic rings. The van der Waals surface area contributed by atoms with E-state index in [0.717, 1.165) is 12.0 Å². The Morgan fingerprint density at radius 2 is 1.88 bits per heavy atom. The summed E-state index contributed by atoms with van der Waals surface area (Å²) in [6, 6.07) is 9.67. The SMILES string of the molecule is CCC(C)N(Cc1ccncc1)C(=O)c1ccccc1OC(F)F. The maximum absolute atomic E-state index is 12.9. The quantitative estimate of drug-likeness (QED) is 0.765. The molecule has 0 aliphatic heterocycles. The Labute approximate surface area is 140 Å². The molecule has 0 N–H and O–H groups in total. The van der Waals surface area contributed by atoms with Crippen LogP contribution in [0, 0.1) is 0 Å². The second-order valence-electron chi connectivity index (χ2n) is 5.42. The number of aromatic nitrogens is 1. The first-order valence-corrected chi connectivity index (χ1v) is 7.76. The summed E-state index contributed by atoms with van der Waals surface area (Å²) in [4.78, 5) is 18.6. The largest absolute Gasteiger partial charge is 0.434 e.